The van der Waals surface area contributed by atoms with Gasteiger partial charge in [0, 0.05) is 37.7 Å². The number of halogens is 2. The van der Waals surface area contributed by atoms with Crippen LogP contribution in [-0.2, 0) is 0 Å². The monoisotopic (exact) mass is 429 g/mol. The second kappa shape index (κ2) is 8.53. The highest BCUT2D eigenvalue weighted by Crippen LogP contribution is 2.22. The topological polar surface area (TPSA) is 60.9 Å². The summed E-state index contributed by atoms with van der Waals surface area (Å²) in [6.07, 6.45) is 0.655. The van der Waals surface area contributed by atoms with Crippen LogP contribution in [0.5, 0.6) is 0 Å². The molecule has 2 aromatic carbocycles. The molecule has 2 aromatic rings. The first-order chi connectivity index (χ1) is 14.5. The maximum Gasteiger partial charge on any atom is 0.261 e. The van der Waals surface area contributed by atoms with E-state index in [0.717, 1.165) is 0 Å². The average Bonchev–Trinajstić information content (AvgIpc) is 3.00. The number of carbonyl (C=O) groups is 3. The lowest BCUT2D eigenvalue weighted by molar-refractivity contribution is 0.0593. The molecule has 6 nitrogen and oxygen atoms in total. The zero-order chi connectivity index (χ0) is 21.3. The largest absolute Gasteiger partial charge is 0.336 e. The van der Waals surface area contributed by atoms with Gasteiger partial charge in [-0.25, -0.2) is 4.39 Å². The van der Waals surface area contributed by atoms with Crippen molar-refractivity contribution in [2.75, 3.05) is 39.3 Å². The van der Waals surface area contributed by atoms with Crippen LogP contribution in [0.25, 0.3) is 0 Å². The van der Waals surface area contributed by atoms with Gasteiger partial charge in [0.25, 0.3) is 17.7 Å². The number of nitrogens with zero attached hydrogens (tertiary/aromatic N) is 3. The Bertz CT molecular complexity index is 970. The Morgan fingerprint density at radius 1 is 0.933 bits per heavy atom. The summed E-state index contributed by atoms with van der Waals surface area (Å²) in [6, 6.07) is 10.8. The van der Waals surface area contributed by atoms with Gasteiger partial charge in [0.2, 0.25) is 0 Å². The van der Waals surface area contributed by atoms with Crippen LogP contribution in [0.15, 0.2) is 42.5 Å². The van der Waals surface area contributed by atoms with Gasteiger partial charge in [-0.05, 0) is 43.3 Å². The fourth-order valence-corrected chi connectivity index (χ4v) is 4.07. The molecule has 0 saturated carbocycles. The number of imide groups is 1. The standard InChI is InChI=1S/C22H21ClFN3O3/c23-15-6-7-19(24)18(14-15)20(28)26-12-10-25(11-13-26)8-3-9-27-21(29)16-4-1-2-5-17(16)22(27)30/h1-2,4-7,14H,3,8-13H2. The van der Waals surface area contributed by atoms with E-state index in [-0.39, 0.29) is 23.3 Å². The van der Waals surface area contributed by atoms with Crippen LogP contribution in [0.4, 0.5) is 4.39 Å². The smallest absolute Gasteiger partial charge is 0.261 e. The van der Waals surface area contributed by atoms with E-state index >= 15 is 0 Å². The van der Waals surface area contributed by atoms with E-state index in [2.05, 4.69) is 4.90 Å². The number of piperazine rings is 1. The second-order valence-corrected chi connectivity index (χ2v) is 7.86. The molecule has 0 bridgehead atoms. The minimum Gasteiger partial charge on any atom is -0.336 e. The molecule has 3 amide bonds. The summed E-state index contributed by atoms with van der Waals surface area (Å²) in [4.78, 5) is 42.5. The summed E-state index contributed by atoms with van der Waals surface area (Å²) >= 11 is 5.89. The molecule has 2 aliphatic rings. The predicted octanol–water partition coefficient (Wildman–Crippen LogP) is 2.92. The van der Waals surface area contributed by atoms with Crippen molar-refractivity contribution in [1.29, 1.82) is 0 Å². The van der Waals surface area contributed by atoms with Gasteiger partial charge in [-0.3, -0.25) is 24.2 Å². The van der Waals surface area contributed by atoms with Crippen LogP contribution in [0.2, 0.25) is 5.02 Å². The van der Waals surface area contributed by atoms with Crippen molar-refractivity contribution in [2.45, 2.75) is 6.42 Å². The number of hydrogen-bond donors (Lipinski definition) is 0. The Morgan fingerprint density at radius 2 is 1.57 bits per heavy atom. The second-order valence-electron chi connectivity index (χ2n) is 7.42. The third-order valence-corrected chi connectivity index (χ3v) is 5.79. The molecule has 8 heteroatoms. The number of rotatable bonds is 5. The highest BCUT2D eigenvalue weighted by Gasteiger charge is 2.34. The van der Waals surface area contributed by atoms with Crippen molar-refractivity contribution in [3.63, 3.8) is 0 Å². The summed E-state index contributed by atoms with van der Waals surface area (Å²) < 4.78 is 14.0. The minimum absolute atomic E-state index is 0.0124. The molecule has 0 atom stereocenters. The Kier molecular flexibility index (Phi) is 5.83. The SMILES string of the molecule is O=C(c1cc(Cl)ccc1F)N1CCN(CCCN2C(=O)c3ccccc3C2=O)CC1. The van der Waals surface area contributed by atoms with Crippen LogP contribution in [0.3, 0.4) is 0 Å². The Hall–Kier alpha value is -2.77. The van der Waals surface area contributed by atoms with Crippen LogP contribution < -0.4 is 0 Å². The van der Waals surface area contributed by atoms with E-state index in [1.165, 1.54) is 23.1 Å². The Balaban J connectivity index is 1.26. The molecule has 0 N–H and O–H groups in total. The average molecular weight is 430 g/mol. The molecule has 0 unspecified atom stereocenters. The normalized spacial score (nSPS) is 16.9. The molecular weight excluding hydrogens is 409 g/mol. The number of fused-ring (bicyclic) bond motifs is 1. The minimum atomic E-state index is -0.576. The van der Waals surface area contributed by atoms with Gasteiger partial charge in [-0.2, -0.15) is 0 Å². The van der Waals surface area contributed by atoms with Gasteiger partial charge < -0.3 is 4.90 Å². The summed E-state index contributed by atoms with van der Waals surface area (Å²) in [7, 11) is 0. The van der Waals surface area contributed by atoms with E-state index in [0.29, 0.717) is 61.8 Å². The lowest BCUT2D eigenvalue weighted by Gasteiger charge is -2.35. The van der Waals surface area contributed by atoms with Crippen molar-refractivity contribution in [3.8, 4) is 0 Å². The molecule has 1 fully saturated rings. The summed E-state index contributed by atoms with van der Waals surface area (Å²) in [5, 5.41) is 0.326. The van der Waals surface area contributed by atoms with Gasteiger partial charge in [-0.1, -0.05) is 23.7 Å². The molecule has 0 radical (unpaired) electrons. The van der Waals surface area contributed by atoms with Crippen molar-refractivity contribution in [3.05, 3.63) is 70.0 Å². The third kappa shape index (κ3) is 3.95. The van der Waals surface area contributed by atoms with Crippen molar-refractivity contribution in [1.82, 2.24) is 14.7 Å². The van der Waals surface area contributed by atoms with Crippen LogP contribution in [0, 0.1) is 5.82 Å². The zero-order valence-corrected chi connectivity index (χ0v) is 17.1. The molecule has 2 aliphatic heterocycles. The van der Waals surface area contributed by atoms with Crippen LogP contribution >= 0.6 is 11.6 Å². The predicted molar refractivity (Wildman–Crippen MR) is 110 cm³/mol. The first-order valence-corrected chi connectivity index (χ1v) is 10.3. The molecule has 1 saturated heterocycles. The Morgan fingerprint density at radius 3 is 2.20 bits per heavy atom. The van der Waals surface area contributed by atoms with E-state index in [1.54, 1.807) is 29.2 Å². The van der Waals surface area contributed by atoms with Crippen molar-refractivity contribution >= 4 is 29.3 Å². The van der Waals surface area contributed by atoms with E-state index in [4.69, 9.17) is 11.6 Å². The maximum atomic E-state index is 14.0. The van der Waals surface area contributed by atoms with E-state index < -0.39 is 5.82 Å². The van der Waals surface area contributed by atoms with Crippen molar-refractivity contribution < 1.29 is 18.8 Å². The number of benzene rings is 2. The molecule has 0 aromatic heterocycles. The zero-order valence-electron chi connectivity index (χ0n) is 16.3. The fourth-order valence-electron chi connectivity index (χ4n) is 3.90. The van der Waals surface area contributed by atoms with E-state index in [1.807, 2.05) is 0 Å². The van der Waals surface area contributed by atoms with Gasteiger partial charge >= 0.3 is 0 Å². The molecular formula is C22H21ClFN3O3. The first-order valence-electron chi connectivity index (χ1n) is 9.87. The fraction of sp³-hybridized carbons (Fsp3) is 0.318. The van der Waals surface area contributed by atoms with Gasteiger partial charge in [0.15, 0.2) is 0 Å². The highest BCUT2D eigenvalue weighted by atomic mass is 35.5. The highest BCUT2D eigenvalue weighted by molar-refractivity contribution is 6.31. The lowest BCUT2D eigenvalue weighted by atomic mass is 10.1. The molecule has 0 aliphatic carbocycles. The van der Waals surface area contributed by atoms with Crippen LogP contribution in [0.1, 0.15) is 37.5 Å². The number of hydrogen-bond acceptors (Lipinski definition) is 4. The summed E-state index contributed by atoms with van der Waals surface area (Å²) in [6.45, 7) is 3.34. The van der Waals surface area contributed by atoms with Gasteiger partial charge in [-0.15, -0.1) is 0 Å². The van der Waals surface area contributed by atoms with Gasteiger partial charge in [0.1, 0.15) is 5.82 Å². The summed E-state index contributed by atoms with van der Waals surface area (Å²) in [5.74, 6) is -1.42. The number of carbonyl (C=O) groups excluding carboxylic acids is 3. The first kappa shape index (κ1) is 20.5. The third-order valence-electron chi connectivity index (χ3n) is 5.55. The van der Waals surface area contributed by atoms with Crippen LogP contribution in [-0.4, -0.2) is 71.7 Å². The van der Waals surface area contributed by atoms with E-state index in [9.17, 15) is 18.8 Å². The molecule has 4 rings (SSSR count). The molecule has 2 heterocycles. The Labute approximate surface area is 178 Å². The molecule has 0 spiro atoms. The molecule has 156 valence electrons. The lowest BCUT2D eigenvalue weighted by Crippen LogP contribution is -2.49. The molecule has 30 heavy (non-hydrogen) atoms. The number of amides is 3. The van der Waals surface area contributed by atoms with Gasteiger partial charge in [0.05, 0.1) is 16.7 Å². The quantitative estimate of drug-likeness (QED) is 0.686. The maximum absolute atomic E-state index is 14.0. The summed E-state index contributed by atoms with van der Waals surface area (Å²) in [5.41, 5.74) is 0.910. The van der Waals surface area contributed by atoms with Crippen molar-refractivity contribution in [2.24, 2.45) is 0 Å².